The zero-order valence-corrected chi connectivity index (χ0v) is 13.1. The van der Waals surface area contributed by atoms with Gasteiger partial charge in [0.25, 0.3) is 0 Å². The summed E-state index contributed by atoms with van der Waals surface area (Å²) in [5, 5.41) is 3.21. The minimum atomic E-state index is 0.378. The third-order valence-corrected chi connectivity index (χ3v) is 3.56. The van der Waals surface area contributed by atoms with Gasteiger partial charge in [-0.05, 0) is 40.5 Å². The fourth-order valence-corrected chi connectivity index (χ4v) is 2.52. The van der Waals surface area contributed by atoms with Crippen molar-refractivity contribution in [2.45, 2.75) is 46.6 Å². The molecule has 6 heteroatoms. The first-order valence-electron chi connectivity index (χ1n) is 7.67. The Bertz CT molecular complexity index is 428. The van der Waals surface area contributed by atoms with Crippen LogP contribution in [0.4, 0.5) is 17.8 Å². The van der Waals surface area contributed by atoms with Crippen LogP contribution in [0, 0.1) is 0 Å². The van der Waals surface area contributed by atoms with Crippen LogP contribution in [0.2, 0.25) is 0 Å². The van der Waals surface area contributed by atoms with Crippen LogP contribution in [-0.4, -0.2) is 47.2 Å². The van der Waals surface area contributed by atoms with Crippen LogP contribution in [0.3, 0.4) is 0 Å². The van der Waals surface area contributed by atoms with Crippen LogP contribution in [0.1, 0.15) is 40.5 Å². The maximum atomic E-state index is 4.68. The van der Waals surface area contributed by atoms with Gasteiger partial charge in [0.1, 0.15) is 0 Å². The average molecular weight is 278 g/mol. The van der Waals surface area contributed by atoms with Crippen molar-refractivity contribution >= 4 is 17.8 Å². The molecule has 0 unspecified atom stereocenters. The summed E-state index contributed by atoms with van der Waals surface area (Å²) in [6.07, 6.45) is 2.44. The van der Waals surface area contributed by atoms with E-state index in [1.807, 2.05) is 0 Å². The van der Waals surface area contributed by atoms with E-state index in [1.165, 1.54) is 12.8 Å². The van der Waals surface area contributed by atoms with Crippen LogP contribution in [0.15, 0.2) is 0 Å². The summed E-state index contributed by atoms with van der Waals surface area (Å²) in [6, 6.07) is 0.378. The molecule has 112 valence electrons. The SMILES string of the molecule is CCNc1nc(N2CCCC2)nc(N(CC)C(C)C)n1. The Morgan fingerprint density at radius 2 is 1.85 bits per heavy atom. The van der Waals surface area contributed by atoms with Crippen LogP contribution in [-0.2, 0) is 0 Å². The molecule has 0 aromatic carbocycles. The molecule has 1 aromatic heterocycles. The second-order valence-electron chi connectivity index (χ2n) is 5.36. The molecule has 0 amide bonds. The number of anilines is 3. The molecule has 0 aliphatic carbocycles. The highest BCUT2D eigenvalue weighted by Gasteiger charge is 2.20. The molecule has 2 heterocycles. The van der Waals surface area contributed by atoms with E-state index in [1.54, 1.807) is 0 Å². The Balaban J connectivity index is 2.34. The second kappa shape index (κ2) is 6.72. The summed E-state index contributed by atoms with van der Waals surface area (Å²) in [4.78, 5) is 18.2. The highest BCUT2D eigenvalue weighted by molar-refractivity contribution is 5.46. The number of rotatable bonds is 6. The maximum Gasteiger partial charge on any atom is 0.232 e. The van der Waals surface area contributed by atoms with E-state index in [4.69, 9.17) is 0 Å². The van der Waals surface area contributed by atoms with Crippen molar-refractivity contribution in [3.8, 4) is 0 Å². The lowest BCUT2D eigenvalue weighted by molar-refractivity contribution is 0.676. The maximum absolute atomic E-state index is 4.68. The van der Waals surface area contributed by atoms with Gasteiger partial charge in [0, 0.05) is 32.2 Å². The summed E-state index contributed by atoms with van der Waals surface area (Å²) in [5.41, 5.74) is 0. The predicted molar refractivity (Wildman–Crippen MR) is 83.6 cm³/mol. The Hall–Kier alpha value is -1.59. The summed E-state index contributed by atoms with van der Waals surface area (Å²) < 4.78 is 0. The lowest BCUT2D eigenvalue weighted by Gasteiger charge is -2.26. The quantitative estimate of drug-likeness (QED) is 0.860. The van der Waals surface area contributed by atoms with Gasteiger partial charge in [0.2, 0.25) is 17.8 Å². The molecule has 1 fully saturated rings. The van der Waals surface area contributed by atoms with E-state index in [0.717, 1.165) is 38.1 Å². The topological polar surface area (TPSA) is 57.2 Å². The van der Waals surface area contributed by atoms with Gasteiger partial charge in [-0.1, -0.05) is 0 Å². The molecular formula is C14H26N6. The monoisotopic (exact) mass is 278 g/mol. The Morgan fingerprint density at radius 1 is 1.15 bits per heavy atom. The van der Waals surface area contributed by atoms with Gasteiger partial charge in [-0.2, -0.15) is 15.0 Å². The van der Waals surface area contributed by atoms with Crippen LogP contribution in [0.5, 0.6) is 0 Å². The van der Waals surface area contributed by atoms with Gasteiger partial charge < -0.3 is 15.1 Å². The van der Waals surface area contributed by atoms with Crippen molar-refractivity contribution in [1.82, 2.24) is 15.0 Å². The van der Waals surface area contributed by atoms with Gasteiger partial charge in [0.15, 0.2) is 0 Å². The van der Waals surface area contributed by atoms with Gasteiger partial charge in [0.05, 0.1) is 0 Å². The van der Waals surface area contributed by atoms with E-state index in [-0.39, 0.29) is 0 Å². The number of aromatic nitrogens is 3. The number of hydrogen-bond donors (Lipinski definition) is 1. The summed E-state index contributed by atoms with van der Waals surface area (Å²) in [6.45, 7) is 12.3. The smallest absolute Gasteiger partial charge is 0.232 e. The molecule has 0 radical (unpaired) electrons. The van der Waals surface area contributed by atoms with E-state index in [2.05, 4.69) is 57.8 Å². The molecule has 1 saturated heterocycles. The highest BCUT2D eigenvalue weighted by Crippen LogP contribution is 2.21. The fourth-order valence-electron chi connectivity index (χ4n) is 2.52. The highest BCUT2D eigenvalue weighted by atomic mass is 15.4. The van der Waals surface area contributed by atoms with E-state index in [9.17, 15) is 0 Å². The molecule has 1 aliphatic rings. The van der Waals surface area contributed by atoms with Gasteiger partial charge in [-0.15, -0.1) is 0 Å². The molecule has 0 spiro atoms. The summed E-state index contributed by atoms with van der Waals surface area (Å²) in [5.74, 6) is 2.26. The molecular weight excluding hydrogens is 252 g/mol. The van der Waals surface area contributed by atoms with Crippen LogP contribution >= 0.6 is 0 Å². The van der Waals surface area contributed by atoms with Crippen LogP contribution in [0.25, 0.3) is 0 Å². The van der Waals surface area contributed by atoms with E-state index in [0.29, 0.717) is 12.0 Å². The Morgan fingerprint density at radius 3 is 2.40 bits per heavy atom. The molecule has 0 atom stereocenters. The Kier molecular flexibility index (Phi) is 4.98. The fraction of sp³-hybridized carbons (Fsp3) is 0.786. The number of nitrogens with one attached hydrogen (secondary N) is 1. The van der Waals surface area contributed by atoms with Gasteiger partial charge in [-0.25, -0.2) is 0 Å². The van der Waals surface area contributed by atoms with Crippen molar-refractivity contribution in [2.24, 2.45) is 0 Å². The third-order valence-electron chi connectivity index (χ3n) is 3.56. The largest absolute Gasteiger partial charge is 0.354 e. The van der Waals surface area contributed by atoms with Crippen molar-refractivity contribution in [3.05, 3.63) is 0 Å². The molecule has 0 bridgehead atoms. The van der Waals surface area contributed by atoms with Crippen molar-refractivity contribution in [2.75, 3.05) is 41.3 Å². The second-order valence-corrected chi connectivity index (χ2v) is 5.36. The van der Waals surface area contributed by atoms with Crippen molar-refractivity contribution in [3.63, 3.8) is 0 Å². The third kappa shape index (κ3) is 3.29. The molecule has 1 aliphatic heterocycles. The number of nitrogens with zero attached hydrogens (tertiary/aromatic N) is 5. The molecule has 2 rings (SSSR count). The van der Waals surface area contributed by atoms with E-state index >= 15 is 0 Å². The molecule has 0 saturated carbocycles. The first-order chi connectivity index (χ1) is 9.65. The first-order valence-corrected chi connectivity index (χ1v) is 7.67. The first kappa shape index (κ1) is 14.8. The average Bonchev–Trinajstić information content (AvgIpc) is 2.93. The molecule has 6 nitrogen and oxygen atoms in total. The number of hydrogen-bond acceptors (Lipinski definition) is 6. The van der Waals surface area contributed by atoms with Crippen molar-refractivity contribution in [1.29, 1.82) is 0 Å². The van der Waals surface area contributed by atoms with Gasteiger partial charge >= 0.3 is 0 Å². The van der Waals surface area contributed by atoms with Crippen molar-refractivity contribution < 1.29 is 0 Å². The molecule has 1 aromatic rings. The van der Waals surface area contributed by atoms with Crippen LogP contribution < -0.4 is 15.1 Å². The molecule has 20 heavy (non-hydrogen) atoms. The molecule has 1 N–H and O–H groups in total. The summed E-state index contributed by atoms with van der Waals surface area (Å²) >= 11 is 0. The predicted octanol–water partition coefficient (Wildman–Crippen LogP) is 2.14. The Labute approximate surface area is 121 Å². The standard InChI is InChI=1S/C14H26N6/c1-5-15-12-16-13(19-9-7-8-10-19)18-14(17-12)20(6-2)11(3)4/h11H,5-10H2,1-4H3,(H,15,16,17,18). The zero-order chi connectivity index (χ0) is 14.5. The van der Waals surface area contributed by atoms with E-state index < -0.39 is 0 Å². The lowest BCUT2D eigenvalue weighted by Crippen LogP contribution is -2.33. The zero-order valence-electron chi connectivity index (χ0n) is 13.1. The minimum Gasteiger partial charge on any atom is -0.354 e. The normalized spacial score (nSPS) is 14.9. The lowest BCUT2D eigenvalue weighted by atomic mass is 10.3. The minimum absolute atomic E-state index is 0.378. The van der Waals surface area contributed by atoms with Gasteiger partial charge in [-0.3, -0.25) is 0 Å². The summed E-state index contributed by atoms with van der Waals surface area (Å²) in [7, 11) is 0.